The van der Waals surface area contributed by atoms with Crippen molar-refractivity contribution in [2.75, 3.05) is 0 Å². The van der Waals surface area contributed by atoms with E-state index in [2.05, 4.69) is 17.2 Å². The second kappa shape index (κ2) is 3.98. The van der Waals surface area contributed by atoms with Gasteiger partial charge in [0.05, 0.1) is 11.3 Å². The molecule has 2 rings (SSSR count). The van der Waals surface area contributed by atoms with Crippen LogP contribution >= 0.6 is 0 Å². The minimum atomic E-state index is -0.933. The van der Waals surface area contributed by atoms with E-state index in [-0.39, 0.29) is 5.56 Å². The number of carboxylic acids is 1. The molecule has 2 atom stereocenters. The summed E-state index contributed by atoms with van der Waals surface area (Å²) in [6.45, 7) is 2.92. The molecule has 2 N–H and O–H groups in total. The largest absolute Gasteiger partial charge is 0.478 e. The molecule has 1 aliphatic rings. The lowest BCUT2D eigenvalue weighted by Crippen LogP contribution is -2.17. The van der Waals surface area contributed by atoms with E-state index in [4.69, 9.17) is 5.11 Å². The van der Waals surface area contributed by atoms with Crippen LogP contribution in [0.25, 0.3) is 0 Å². The fraction of sp³-hybridized carbons (Fsp3) is 0.455. The van der Waals surface area contributed by atoms with Gasteiger partial charge in [-0.25, -0.2) is 4.79 Å². The summed E-state index contributed by atoms with van der Waals surface area (Å²) in [5, 5.41) is 12.0. The Kier molecular flexibility index (Phi) is 2.68. The van der Waals surface area contributed by atoms with Crippen LogP contribution in [0.3, 0.4) is 0 Å². The highest BCUT2D eigenvalue weighted by Crippen LogP contribution is 2.29. The van der Waals surface area contributed by atoms with E-state index >= 15 is 0 Å². The van der Waals surface area contributed by atoms with Crippen LogP contribution in [0.2, 0.25) is 0 Å². The van der Waals surface area contributed by atoms with Crippen molar-refractivity contribution in [2.24, 2.45) is 5.92 Å². The minimum absolute atomic E-state index is 0.235. The molecule has 0 amide bonds. The van der Waals surface area contributed by atoms with E-state index in [0.29, 0.717) is 6.04 Å². The summed E-state index contributed by atoms with van der Waals surface area (Å²) in [6, 6.07) is 3.96. The number of carbonyl (C=O) groups is 1. The molecule has 2 unspecified atom stereocenters. The van der Waals surface area contributed by atoms with Crippen molar-refractivity contribution in [2.45, 2.75) is 25.9 Å². The molecule has 1 aliphatic carbocycles. The van der Waals surface area contributed by atoms with Crippen LogP contribution in [0, 0.1) is 5.92 Å². The summed E-state index contributed by atoms with van der Waals surface area (Å²) in [5.41, 5.74) is 1.12. The van der Waals surface area contributed by atoms with Gasteiger partial charge in [0.15, 0.2) is 0 Å². The number of nitrogens with zero attached hydrogens (tertiary/aromatic N) is 1. The number of rotatable bonds is 4. The molecule has 80 valence electrons. The van der Waals surface area contributed by atoms with Gasteiger partial charge in [0.2, 0.25) is 0 Å². The summed E-state index contributed by atoms with van der Waals surface area (Å²) >= 11 is 0. The van der Waals surface area contributed by atoms with Gasteiger partial charge in [-0.2, -0.15) is 0 Å². The van der Waals surface area contributed by atoms with Crippen molar-refractivity contribution < 1.29 is 9.90 Å². The molecule has 4 heteroatoms. The zero-order chi connectivity index (χ0) is 10.8. The molecule has 0 bridgehead atoms. The summed E-state index contributed by atoms with van der Waals surface area (Å²) in [7, 11) is 0. The third-order valence-electron chi connectivity index (χ3n) is 2.73. The monoisotopic (exact) mass is 206 g/mol. The Morgan fingerprint density at radius 3 is 2.87 bits per heavy atom. The molecule has 1 fully saturated rings. The minimum Gasteiger partial charge on any atom is -0.478 e. The van der Waals surface area contributed by atoms with E-state index in [1.165, 1.54) is 12.6 Å². The van der Waals surface area contributed by atoms with Gasteiger partial charge >= 0.3 is 5.97 Å². The number of aromatic nitrogens is 1. The predicted molar refractivity (Wildman–Crippen MR) is 55.6 cm³/mol. The van der Waals surface area contributed by atoms with Gasteiger partial charge in [0, 0.05) is 18.8 Å². The van der Waals surface area contributed by atoms with Gasteiger partial charge in [-0.3, -0.25) is 4.98 Å². The van der Waals surface area contributed by atoms with E-state index in [9.17, 15) is 4.79 Å². The SMILES string of the molecule is CC1CC1NCc1ccc(C(=O)O)cn1. The van der Waals surface area contributed by atoms with Crippen LogP contribution in [0.1, 0.15) is 29.4 Å². The third-order valence-corrected chi connectivity index (χ3v) is 2.73. The van der Waals surface area contributed by atoms with Crippen molar-refractivity contribution >= 4 is 5.97 Å². The van der Waals surface area contributed by atoms with Gasteiger partial charge in [-0.1, -0.05) is 6.92 Å². The molecule has 0 saturated heterocycles. The molecule has 0 spiro atoms. The molecule has 0 aromatic carbocycles. The molecule has 1 aromatic rings. The maximum Gasteiger partial charge on any atom is 0.337 e. The molecule has 15 heavy (non-hydrogen) atoms. The second-order valence-electron chi connectivity index (χ2n) is 4.04. The zero-order valence-corrected chi connectivity index (χ0v) is 8.60. The molecule has 1 heterocycles. The smallest absolute Gasteiger partial charge is 0.337 e. The van der Waals surface area contributed by atoms with Crippen LogP contribution in [0.5, 0.6) is 0 Å². The first-order valence-corrected chi connectivity index (χ1v) is 5.08. The Hall–Kier alpha value is -1.42. The lowest BCUT2D eigenvalue weighted by molar-refractivity contribution is 0.0696. The van der Waals surface area contributed by atoms with Gasteiger partial charge in [0.25, 0.3) is 0 Å². The van der Waals surface area contributed by atoms with E-state index in [1.54, 1.807) is 12.1 Å². The Morgan fingerprint density at radius 2 is 2.40 bits per heavy atom. The first kappa shape index (κ1) is 10.1. The summed E-state index contributed by atoms with van der Waals surface area (Å²) < 4.78 is 0. The molecule has 0 radical (unpaired) electrons. The molecular formula is C11H14N2O2. The highest BCUT2D eigenvalue weighted by molar-refractivity contribution is 5.87. The van der Waals surface area contributed by atoms with Crippen molar-refractivity contribution in [3.8, 4) is 0 Å². The zero-order valence-electron chi connectivity index (χ0n) is 8.60. The fourth-order valence-corrected chi connectivity index (χ4v) is 1.50. The number of pyridine rings is 1. The maximum atomic E-state index is 10.6. The number of hydrogen-bond acceptors (Lipinski definition) is 3. The van der Waals surface area contributed by atoms with Gasteiger partial charge in [-0.05, 0) is 24.5 Å². The number of hydrogen-bond donors (Lipinski definition) is 2. The second-order valence-corrected chi connectivity index (χ2v) is 4.04. The topological polar surface area (TPSA) is 62.2 Å². The molecule has 4 nitrogen and oxygen atoms in total. The van der Waals surface area contributed by atoms with Crippen LogP contribution in [-0.4, -0.2) is 22.1 Å². The first-order chi connectivity index (χ1) is 7.16. The highest BCUT2D eigenvalue weighted by atomic mass is 16.4. The van der Waals surface area contributed by atoms with Crippen molar-refractivity contribution in [1.82, 2.24) is 10.3 Å². The average molecular weight is 206 g/mol. The lowest BCUT2D eigenvalue weighted by atomic mass is 10.2. The predicted octanol–water partition coefficient (Wildman–Crippen LogP) is 1.28. The van der Waals surface area contributed by atoms with Crippen molar-refractivity contribution in [3.05, 3.63) is 29.6 Å². The normalized spacial score (nSPS) is 23.8. The lowest BCUT2D eigenvalue weighted by Gasteiger charge is -2.02. The number of aromatic carboxylic acids is 1. The highest BCUT2D eigenvalue weighted by Gasteiger charge is 2.31. The van der Waals surface area contributed by atoms with Crippen LogP contribution in [-0.2, 0) is 6.54 Å². The Bertz CT molecular complexity index is 361. The summed E-state index contributed by atoms with van der Waals surface area (Å²) in [4.78, 5) is 14.7. The average Bonchev–Trinajstić information content (AvgIpc) is 2.92. The Morgan fingerprint density at radius 1 is 1.67 bits per heavy atom. The van der Waals surface area contributed by atoms with Gasteiger partial charge in [-0.15, -0.1) is 0 Å². The molecule has 1 saturated carbocycles. The van der Waals surface area contributed by atoms with E-state index < -0.39 is 5.97 Å². The van der Waals surface area contributed by atoms with Crippen molar-refractivity contribution in [3.63, 3.8) is 0 Å². The van der Waals surface area contributed by atoms with Crippen molar-refractivity contribution in [1.29, 1.82) is 0 Å². The quantitative estimate of drug-likeness (QED) is 0.779. The van der Waals surface area contributed by atoms with Crippen LogP contribution < -0.4 is 5.32 Å². The summed E-state index contributed by atoms with van der Waals surface area (Å²) in [5.74, 6) is -0.166. The first-order valence-electron chi connectivity index (χ1n) is 5.08. The van der Waals surface area contributed by atoms with E-state index in [1.807, 2.05) is 0 Å². The van der Waals surface area contributed by atoms with Gasteiger partial charge in [0.1, 0.15) is 0 Å². The Balaban J connectivity index is 1.89. The molecule has 0 aliphatic heterocycles. The van der Waals surface area contributed by atoms with Crippen LogP contribution in [0.15, 0.2) is 18.3 Å². The third kappa shape index (κ3) is 2.53. The summed E-state index contributed by atoms with van der Waals surface area (Å²) in [6.07, 6.45) is 2.63. The number of nitrogens with one attached hydrogen (secondary N) is 1. The van der Waals surface area contributed by atoms with Gasteiger partial charge < -0.3 is 10.4 Å². The standard InChI is InChI=1S/C11H14N2O2/c1-7-4-10(7)13-6-9-3-2-8(5-12-9)11(14)15/h2-3,5,7,10,13H,4,6H2,1H3,(H,14,15). The fourth-order valence-electron chi connectivity index (χ4n) is 1.50. The number of carboxylic acid groups (broad SMARTS) is 1. The maximum absolute atomic E-state index is 10.6. The molecular weight excluding hydrogens is 192 g/mol. The van der Waals surface area contributed by atoms with Crippen LogP contribution in [0.4, 0.5) is 0 Å². The Labute approximate surface area is 88.3 Å². The van der Waals surface area contributed by atoms with E-state index in [0.717, 1.165) is 18.2 Å². The molecule has 1 aromatic heterocycles.